The quantitative estimate of drug-likeness (QED) is 0.738. The fourth-order valence-corrected chi connectivity index (χ4v) is 3.45. The van der Waals surface area contributed by atoms with E-state index in [9.17, 15) is 5.11 Å². The zero-order valence-electron chi connectivity index (χ0n) is 13.1. The van der Waals surface area contributed by atoms with Crippen LogP contribution in [0.25, 0.3) is 0 Å². The molecule has 0 spiro atoms. The van der Waals surface area contributed by atoms with Gasteiger partial charge in [0.05, 0.1) is 6.10 Å². The highest BCUT2D eigenvalue weighted by molar-refractivity contribution is 4.84. The van der Waals surface area contributed by atoms with Crippen LogP contribution in [0.1, 0.15) is 45.4 Å². The molecule has 1 heterocycles. The largest absolute Gasteiger partial charge is 0.390 e. The van der Waals surface area contributed by atoms with Gasteiger partial charge in [-0.15, -0.1) is 0 Å². The lowest BCUT2D eigenvalue weighted by Gasteiger charge is -2.33. The van der Waals surface area contributed by atoms with Gasteiger partial charge in [-0.3, -0.25) is 0 Å². The van der Waals surface area contributed by atoms with Gasteiger partial charge in [-0.1, -0.05) is 6.92 Å². The molecule has 1 N–H and O–H groups in total. The minimum Gasteiger partial charge on any atom is -0.390 e. The van der Waals surface area contributed by atoms with Crippen molar-refractivity contribution < 1.29 is 5.11 Å². The van der Waals surface area contributed by atoms with E-state index in [0.717, 1.165) is 30.8 Å². The van der Waals surface area contributed by atoms with E-state index in [-0.39, 0.29) is 6.10 Å². The molecule has 3 aliphatic rings. The Bertz CT molecular complexity index is 279. The van der Waals surface area contributed by atoms with Gasteiger partial charge in [0, 0.05) is 26.2 Å². The predicted molar refractivity (Wildman–Crippen MR) is 82.7 cm³/mol. The lowest BCUT2D eigenvalue weighted by Crippen LogP contribution is -2.44. The first-order chi connectivity index (χ1) is 9.69. The van der Waals surface area contributed by atoms with Crippen molar-refractivity contribution in [1.29, 1.82) is 0 Å². The number of nitrogens with zero attached hydrogens (tertiary/aromatic N) is 2. The molecule has 1 atom stereocenters. The lowest BCUT2D eigenvalue weighted by molar-refractivity contribution is 0.0586. The fourth-order valence-electron chi connectivity index (χ4n) is 3.45. The summed E-state index contributed by atoms with van der Waals surface area (Å²) in [6, 6.07) is 0. The Morgan fingerprint density at radius 1 is 1.00 bits per heavy atom. The Morgan fingerprint density at radius 2 is 1.55 bits per heavy atom. The highest BCUT2D eigenvalue weighted by Crippen LogP contribution is 2.33. The summed E-state index contributed by atoms with van der Waals surface area (Å²) in [5, 5.41) is 10.4. The van der Waals surface area contributed by atoms with Gasteiger partial charge in [0.15, 0.2) is 0 Å². The molecule has 3 nitrogen and oxygen atoms in total. The minimum atomic E-state index is -0.152. The van der Waals surface area contributed by atoms with Crippen molar-refractivity contribution in [1.82, 2.24) is 9.80 Å². The molecule has 1 saturated heterocycles. The summed E-state index contributed by atoms with van der Waals surface area (Å²) in [6.45, 7) is 8.99. The highest BCUT2D eigenvalue weighted by atomic mass is 16.3. The standard InChI is InChI=1S/C17H32N2O/c1-14-6-8-18(9-7-14)12-17(20)13-19(10-15-2-3-15)11-16-4-5-16/h14-17,20H,2-13H2,1H3. The molecule has 1 unspecified atom stereocenters. The zero-order chi connectivity index (χ0) is 13.9. The van der Waals surface area contributed by atoms with Crippen LogP contribution in [-0.2, 0) is 0 Å². The van der Waals surface area contributed by atoms with Crippen molar-refractivity contribution in [2.45, 2.75) is 51.6 Å². The Balaban J connectivity index is 1.39. The molecule has 2 aliphatic carbocycles. The van der Waals surface area contributed by atoms with E-state index in [2.05, 4.69) is 16.7 Å². The van der Waals surface area contributed by atoms with E-state index in [1.165, 1.54) is 64.7 Å². The molecule has 0 aromatic rings. The molecule has 0 aromatic heterocycles. The molecule has 0 bridgehead atoms. The molecule has 0 amide bonds. The van der Waals surface area contributed by atoms with E-state index in [1.807, 2.05) is 0 Å². The van der Waals surface area contributed by atoms with E-state index < -0.39 is 0 Å². The SMILES string of the molecule is CC1CCN(CC(O)CN(CC2CC2)CC2CC2)CC1. The van der Waals surface area contributed by atoms with Crippen LogP contribution < -0.4 is 0 Å². The molecule has 20 heavy (non-hydrogen) atoms. The number of piperidine rings is 1. The number of hydrogen-bond donors (Lipinski definition) is 1. The van der Waals surface area contributed by atoms with Gasteiger partial charge in [0.2, 0.25) is 0 Å². The van der Waals surface area contributed by atoms with Gasteiger partial charge in [0.25, 0.3) is 0 Å². The number of rotatable bonds is 8. The maximum absolute atomic E-state index is 10.4. The normalized spacial score (nSPS) is 27.1. The molecule has 0 aromatic carbocycles. The van der Waals surface area contributed by atoms with Crippen molar-refractivity contribution >= 4 is 0 Å². The predicted octanol–water partition coefficient (Wildman–Crippen LogP) is 2.20. The summed E-state index contributed by atoms with van der Waals surface area (Å²) in [5.41, 5.74) is 0. The third kappa shape index (κ3) is 5.01. The maximum atomic E-state index is 10.4. The van der Waals surface area contributed by atoms with Crippen LogP contribution in [0.4, 0.5) is 0 Å². The van der Waals surface area contributed by atoms with Crippen LogP contribution in [0, 0.1) is 17.8 Å². The van der Waals surface area contributed by atoms with Crippen LogP contribution in [0.2, 0.25) is 0 Å². The van der Waals surface area contributed by atoms with Crippen molar-refractivity contribution in [3.63, 3.8) is 0 Å². The van der Waals surface area contributed by atoms with Crippen LogP contribution >= 0.6 is 0 Å². The second-order valence-electron chi connectivity index (χ2n) is 7.74. The van der Waals surface area contributed by atoms with Crippen LogP contribution in [0.3, 0.4) is 0 Å². The van der Waals surface area contributed by atoms with Gasteiger partial charge in [-0.25, -0.2) is 0 Å². The van der Waals surface area contributed by atoms with Crippen molar-refractivity contribution in [3.8, 4) is 0 Å². The van der Waals surface area contributed by atoms with E-state index in [1.54, 1.807) is 0 Å². The molecule has 3 fully saturated rings. The second kappa shape index (κ2) is 6.76. The number of β-amino-alcohol motifs (C(OH)–C–C–N with tert-alkyl or cyclic N) is 1. The zero-order valence-corrected chi connectivity index (χ0v) is 13.1. The summed E-state index contributed by atoms with van der Waals surface area (Å²) >= 11 is 0. The van der Waals surface area contributed by atoms with E-state index in [0.29, 0.717) is 0 Å². The van der Waals surface area contributed by atoms with Crippen molar-refractivity contribution in [3.05, 3.63) is 0 Å². The van der Waals surface area contributed by atoms with E-state index >= 15 is 0 Å². The van der Waals surface area contributed by atoms with Gasteiger partial charge in [0.1, 0.15) is 0 Å². The summed E-state index contributed by atoms with van der Waals surface area (Å²) < 4.78 is 0. The van der Waals surface area contributed by atoms with Crippen LogP contribution in [0.15, 0.2) is 0 Å². The minimum absolute atomic E-state index is 0.152. The maximum Gasteiger partial charge on any atom is 0.0793 e. The average molecular weight is 280 g/mol. The summed E-state index contributed by atoms with van der Waals surface area (Å²) in [4.78, 5) is 5.03. The molecule has 116 valence electrons. The molecule has 0 radical (unpaired) electrons. The first-order valence-electron chi connectivity index (χ1n) is 8.82. The van der Waals surface area contributed by atoms with Gasteiger partial charge in [-0.05, 0) is 69.4 Å². The monoisotopic (exact) mass is 280 g/mol. The average Bonchev–Trinajstić information content (AvgIpc) is 3.28. The Hall–Kier alpha value is -0.120. The number of aliphatic hydroxyl groups excluding tert-OH is 1. The number of hydrogen-bond acceptors (Lipinski definition) is 3. The Morgan fingerprint density at radius 3 is 2.05 bits per heavy atom. The fraction of sp³-hybridized carbons (Fsp3) is 1.00. The second-order valence-corrected chi connectivity index (χ2v) is 7.74. The summed E-state index contributed by atoms with van der Waals surface area (Å²) in [7, 11) is 0. The van der Waals surface area contributed by atoms with Crippen molar-refractivity contribution in [2.75, 3.05) is 39.3 Å². The van der Waals surface area contributed by atoms with E-state index in [4.69, 9.17) is 0 Å². The Labute approximate surface area is 124 Å². The van der Waals surface area contributed by atoms with Crippen LogP contribution in [0.5, 0.6) is 0 Å². The lowest BCUT2D eigenvalue weighted by atomic mass is 9.99. The molecule has 3 heteroatoms. The Kier molecular flexibility index (Phi) is 5.00. The highest BCUT2D eigenvalue weighted by Gasteiger charge is 2.30. The number of likely N-dealkylation sites (tertiary alicyclic amines) is 1. The third-order valence-corrected chi connectivity index (χ3v) is 5.24. The van der Waals surface area contributed by atoms with Gasteiger partial charge < -0.3 is 14.9 Å². The molecular formula is C17H32N2O. The molecular weight excluding hydrogens is 248 g/mol. The third-order valence-electron chi connectivity index (χ3n) is 5.24. The van der Waals surface area contributed by atoms with Gasteiger partial charge >= 0.3 is 0 Å². The smallest absolute Gasteiger partial charge is 0.0793 e. The summed E-state index contributed by atoms with van der Waals surface area (Å²) in [5.74, 6) is 2.76. The molecule has 3 rings (SSSR count). The van der Waals surface area contributed by atoms with Gasteiger partial charge in [-0.2, -0.15) is 0 Å². The topological polar surface area (TPSA) is 26.7 Å². The first kappa shape index (κ1) is 14.8. The summed E-state index contributed by atoms with van der Waals surface area (Å²) in [6.07, 6.45) is 8.13. The first-order valence-corrected chi connectivity index (χ1v) is 8.82. The molecule has 2 saturated carbocycles. The number of aliphatic hydroxyl groups is 1. The molecule has 1 aliphatic heterocycles. The van der Waals surface area contributed by atoms with Crippen LogP contribution in [-0.4, -0.2) is 60.3 Å². The van der Waals surface area contributed by atoms with Crippen molar-refractivity contribution in [2.24, 2.45) is 17.8 Å².